The van der Waals surface area contributed by atoms with E-state index in [4.69, 9.17) is 0 Å². The van der Waals surface area contributed by atoms with Crippen LogP contribution in [0.15, 0.2) is 18.2 Å². The van der Waals surface area contributed by atoms with Crippen molar-refractivity contribution >= 4 is 23.5 Å². The van der Waals surface area contributed by atoms with Crippen molar-refractivity contribution in [2.75, 3.05) is 11.9 Å². The summed E-state index contributed by atoms with van der Waals surface area (Å²) in [5.41, 5.74) is 2.26. The van der Waals surface area contributed by atoms with Gasteiger partial charge < -0.3 is 15.3 Å². The Labute approximate surface area is 134 Å². The summed E-state index contributed by atoms with van der Waals surface area (Å²) in [6.45, 7) is 2.38. The molecule has 0 radical (unpaired) electrons. The minimum atomic E-state index is -0.844. The smallest absolute Gasteiger partial charge is 0.308 e. The molecule has 0 aliphatic carbocycles. The Morgan fingerprint density at radius 1 is 1.30 bits per heavy atom. The fourth-order valence-electron chi connectivity index (χ4n) is 3.44. The van der Waals surface area contributed by atoms with Crippen LogP contribution in [0.3, 0.4) is 0 Å². The van der Waals surface area contributed by atoms with Gasteiger partial charge in [0.1, 0.15) is 0 Å². The fourth-order valence-corrected chi connectivity index (χ4v) is 3.44. The van der Waals surface area contributed by atoms with E-state index in [2.05, 4.69) is 5.32 Å². The average Bonchev–Trinajstić information content (AvgIpc) is 2.53. The predicted octanol–water partition coefficient (Wildman–Crippen LogP) is 1.90. The third-order valence-corrected chi connectivity index (χ3v) is 4.81. The number of hydrogen-bond acceptors (Lipinski definition) is 3. The normalized spacial score (nSPS) is 23.9. The quantitative estimate of drug-likeness (QED) is 0.872. The Morgan fingerprint density at radius 2 is 2.09 bits per heavy atom. The molecule has 2 atom stereocenters. The molecule has 6 heteroatoms. The van der Waals surface area contributed by atoms with Crippen LogP contribution in [0.5, 0.6) is 0 Å². The van der Waals surface area contributed by atoms with Gasteiger partial charge in [-0.1, -0.05) is 0 Å². The van der Waals surface area contributed by atoms with E-state index < -0.39 is 11.9 Å². The van der Waals surface area contributed by atoms with Gasteiger partial charge in [-0.2, -0.15) is 0 Å². The number of amides is 2. The Balaban J connectivity index is 1.83. The highest BCUT2D eigenvalue weighted by Crippen LogP contribution is 2.28. The van der Waals surface area contributed by atoms with E-state index in [1.165, 1.54) is 0 Å². The zero-order valence-electron chi connectivity index (χ0n) is 13.0. The van der Waals surface area contributed by atoms with Gasteiger partial charge in [-0.25, -0.2) is 0 Å². The van der Waals surface area contributed by atoms with Crippen molar-refractivity contribution in [1.82, 2.24) is 4.90 Å². The third-order valence-electron chi connectivity index (χ3n) is 4.81. The number of anilines is 1. The molecule has 0 aromatic heterocycles. The molecule has 1 aromatic rings. The van der Waals surface area contributed by atoms with Crippen molar-refractivity contribution in [2.45, 2.75) is 38.6 Å². The summed E-state index contributed by atoms with van der Waals surface area (Å²) < 4.78 is 0. The number of rotatable bonds is 2. The zero-order chi connectivity index (χ0) is 16.6. The Bertz CT molecular complexity index is 671. The molecule has 2 aliphatic heterocycles. The minimum absolute atomic E-state index is 0.00877. The van der Waals surface area contributed by atoms with Crippen molar-refractivity contribution in [1.29, 1.82) is 0 Å². The molecule has 1 fully saturated rings. The number of benzene rings is 1. The molecule has 1 saturated heterocycles. The van der Waals surface area contributed by atoms with Crippen LogP contribution in [-0.2, 0) is 16.0 Å². The Morgan fingerprint density at radius 3 is 2.83 bits per heavy atom. The number of hydrogen-bond donors (Lipinski definition) is 2. The van der Waals surface area contributed by atoms with Gasteiger partial charge in [-0.3, -0.25) is 14.4 Å². The molecule has 0 unspecified atom stereocenters. The average molecular weight is 316 g/mol. The van der Waals surface area contributed by atoms with Gasteiger partial charge in [0.15, 0.2) is 0 Å². The summed E-state index contributed by atoms with van der Waals surface area (Å²) in [6, 6.07) is 4.95. The van der Waals surface area contributed by atoms with E-state index >= 15 is 0 Å². The number of carbonyl (C=O) groups excluding carboxylic acids is 2. The summed E-state index contributed by atoms with van der Waals surface area (Å²) in [7, 11) is 0. The van der Waals surface area contributed by atoms with Crippen molar-refractivity contribution in [3.63, 3.8) is 0 Å². The second kappa shape index (κ2) is 6.02. The number of fused-ring (bicyclic) bond motifs is 1. The van der Waals surface area contributed by atoms with Gasteiger partial charge in [0.2, 0.25) is 5.91 Å². The van der Waals surface area contributed by atoms with Gasteiger partial charge >= 0.3 is 5.97 Å². The molecule has 122 valence electrons. The number of carbonyl (C=O) groups is 3. The van der Waals surface area contributed by atoms with E-state index in [1.54, 1.807) is 24.0 Å². The van der Waals surface area contributed by atoms with E-state index in [0.29, 0.717) is 37.8 Å². The maximum atomic E-state index is 12.8. The summed E-state index contributed by atoms with van der Waals surface area (Å²) in [5, 5.41) is 12.1. The molecule has 0 spiro atoms. The fraction of sp³-hybridized carbons (Fsp3) is 0.471. The van der Waals surface area contributed by atoms with E-state index in [0.717, 1.165) is 11.3 Å². The maximum Gasteiger partial charge on any atom is 0.308 e. The number of nitrogens with zero attached hydrogens (tertiary/aromatic N) is 1. The highest BCUT2D eigenvalue weighted by Gasteiger charge is 2.35. The van der Waals surface area contributed by atoms with Crippen LogP contribution < -0.4 is 5.32 Å². The molecule has 2 aliphatic rings. The number of likely N-dealkylation sites (tertiary alicyclic amines) is 1. The van der Waals surface area contributed by atoms with E-state index in [9.17, 15) is 19.5 Å². The van der Waals surface area contributed by atoms with Crippen LogP contribution in [0.1, 0.15) is 42.1 Å². The molecular weight excluding hydrogens is 296 g/mol. The molecule has 2 heterocycles. The molecule has 6 nitrogen and oxygen atoms in total. The van der Waals surface area contributed by atoms with Gasteiger partial charge in [0.25, 0.3) is 5.91 Å². The first kappa shape index (κ1) is 15.5. The predicted molar refractivity (Wildman–Crippen MR) is 84.3 cm³/mol. The number of piperidine rings is 1. The molecule has 3 rings (SSSR count). The minimum Gasteiger partial charge on any atom is -0.481 e. The van der Waals surface area contributed by atoms with Crippen LogP contribution in [-0.4, -0.2) is 40.4 Å². The van der Waals surface area contributed by atoms with Crippen LogP contribution in [0.25, 0.3) is 0 Å². The summed E-state index contributed by atoms with van der Waals surface area (Å²) >= 11 is 0. The maximum absolute atomic E-state index is 12.8. The summed E-state index contributed by atoms with van der Waals surface area (Å²) in [6.07, 6.45) is 2.35. The molecular formula is C17H20N2O4. The van der Waals surface area contributed by atoms with Gasteiger partial charge in [0, 0.05) is 30.3 Å². The summed E-state index contributed by atoms with van der Waals surface area (Å²) in [4.78, 5) is 37.1. The number of carboxylic acid groups (broad SMARTS) is 1. The second-order valence-electron chi connectivity index (χ2n) is 6.25. The van der Waals surface area contributed by atoms with Crippen molar-refractivity contribution in [2.24, 2.45) is 5.92 Å². The Hall–Kier alpha value is -2.37. The van der Waals surface area contributed by atoms with Crippen molar-refractivity contribution < 1.29 is 19.5 Å². The number of aryl methyl sites for hydroxylation is 1. The largest absolute Gasteiger partial charge is 0.481 e. The first-order valence-electron chi connectivity index (χ1n) is 7.94. The van der Waals surface area contributed by atoms with Gasteiger partial charge in [0.05, 0.1) is 5.92 Å². The molecule has 2 N–H and O–H groups in total. The highest BCUT2D eigenvalue weighted by atomic mass is 16.4. The number of carboxylic acids is 1. The molecule has 23 heavy (non-hydrogen) atoms. The molecule has 2 amide bonds. The van der Waals surface area contributed by atoms with Crippen LogP contribution in [0.4, 0.5) is 5.69 Å². The Kier molecular flexibility index (Phi) is 4.07. The molecule has 0 saturated carbocycles. The monoisotopic (exact) mass is 316 g/mol. The van der Waals surface area contributed by atoms with Crippen molar-refractivity contribution in [3.8, 4) is 0 Å². The van der Waals surface area contributed by atoms with Gasteiger partial charge in [-0.05, 0) is 49.9 Å². The first-order valence-corrected chi connectivity index (χ1v) is 7.94. The molecule has 1 aromatic carbocycles. The SMILES string of the molecule is C[C@@H]1[C@H](C(=O)O)CCCN1C(=O)c1ccc2c(c1)CCC(=O)N2. The highest BCUT2D eigenvalue weighted by molar-refractivity contribution is 5.98. The van der Waals surface area contributed by atoms with E-state index in [-0.39, 0.29) is 17.9 Å². The number of aliphatic carboxylic acids is 1. The van der Waals surface area contributed by atoms with E-state index in [1.807, 2.05) is 6.07 Å². The first-order chi connectivity index (χ1) is 11.0. The molecule has 0 bridgehead atoms. The van der Waals surface area contributed by atoms with Gasteiger partial charge in [-0.15, -0.1) is 0 Å². The summed E-state index contributed by atoms with van der Waals surface area (Å²) in [5.74, 6) is -1.50. The zero-order valence-corrected chi connectivity index (χ0v) is 13.0. The lowest BCUT2D eigenvalue weighted by Crippen LogP contribution is -2.49. The lowest BCUT2D eigenvalue weighted by Gasteiger charge is -2.37. The standard InChI is InChI=1S/C17H20N2O4/c1-10-13(17(22)23)3-2-8-19(10)16(21)12-4-6-14-11(9-12)5-7-15(20)18-14/h4,6,9-10,13H,2-3,5,7-8H2,1H3,(H,18,20)(H,22,23)/t10-,13-/m1/s1. The second-order valence-corrected chi connectivity index (χ2v) is 6.25. The topological polar surface area (TPSA) is 86.7 Å². The van der Waals surface area contributed by atoms with Crippen LogP contribution >= 0.6 is 0 Å². The lowest BCUT2D eigenvalue weighted by atomic mass is 9.89. The van der Waals surface area contributed by atoms with Crippen LogP contribution in [0, 0.1) is 5.92 Å². The third kappa shape index (κ3) is 2.93. The number of nitrogens with one attached hydrogen (secondary N) is 1. The van der Waals surface area contributed by atoms with Crippen molar-refractivity contribution in [3.05, 3.63) is 29.3 Å². The van der Waals surface area contributed by atoms with Crippen LogP contribution in [0.2, 0.25) is 0 Å². The lowest BCUT2D eigenvalue weighted by molar-refractivity contribution is -0.145.